The van der Waals surface area contributed by atoms with Crippen molar-refractivity contribution >= 4 is 11.8 Å². The van der Waals surface area contributed by atoms with E-state index in [1.807, 2.05) is 44.3 Å². The van der Waals surface area contributed by atoms with E-state index < -0.39 is 0 Å². The molecule has 100 valence electrons. The maximum atomic E-state index is 4.40. The van der Waals surface area contributed by atoms with Crippen molar-refractivity contribution < 1.29 is 0 Å². The highest BCUT2D eigenvalue weighted by atomic mass is 32.2. The number of hydrogen-bond acceptors (Lipinski definition) is 5. The van der Waals surface area contributed by atoms with Gasteiger partial charge in [-0.3, -0.25) is 4.98 Å². The quantitative estimate of drug-likeness (QED) is 0.498. The molecule has 0 aliphatic heterocycles. The van der Waals surface area contributed by atoms with Gasteiger partial charge in [0.2, 0.25) is 0 Å². The SMILES string of the molecule is Cc1cc(C)nc(SCCNCc2ccccn2)n1. The minimum Gasteiger partial charge on any atom is -0.310 e. The maximum Gasteiger partial charge on any atom is 0.188 e. The fraction of sp³-hybridized carbons (Fsp3) is 0.357. The number of aromatic nitrogens is 3. The maximum absolute atomic E-state index is 4.40. The van der Waals surface area contributed by atoms with E-state index in [-0.39, 0.29) is 0 Å². The molecule has 0 aliphatic carbocycles. The first-order valence-corrected chi connectivity index (χ1v) is 7.28. The summed E-state index contributed by atoms with van der Waals surface area (Å²) in [6, 6.07) is 7.94. The Hall–Kier alpha value is -1.46. The second-order valence-corrected chi connectivity index (χ2v) is 5.34. The lowest BCUT2D eigenvalue weighted by molar-refractivity contribution is 0.714. The first-order valence-electron chi connectivity index (χ1n) is 6.30. The Balaban J connectivity index is 1.69. The van der Waals surface area contributed by atoms with Crippen molar-refractivity contribution in [1.29, 1.82) is 0 Å². The Kier molecular flexibility index (Phi) is 5.30. The van der Waals surface area contributed by atoms with Crippen molar-refractivity contribution in [2.45, 2.75) is 25.5 Å². The molecule has 0 spiro atoms. The molecule has 0 saturated carbocycles. The summed E-state index contributed by atoms with van der Waals surface area (Å²) < 4.78 is 0. The molecule has 0 unspecified atom stereocenters. The molecule has 4 nitrogen and oxygen atoms in total. The van der Waals surface area contributed by atoms with E-state index in [9.17, 15) is 0 Å². The largest absolute Gasteiger partial charge is 0.310 e. The van der Waals surface area contributed by atoms with Gasteiger partial charge in [-0.25, -0.2) is 9.97 Å². The van der Waals surface area contributed by atoms with Gasteiger partial charge in [0.15, 0.2) is 5.16 Å². The van der Waals surface area contributed by atoms with Gasteiger partial charge in [0.25, 0.3) is 0 Å². The summed E-state index contributed by atoms with van der Waals surface area (Å²) in [6.45, 7) is 5.71. The Labute approximate surface area is 118 Å². The summed E-state index contributed by atoms with van der Waals surface area (Å²) in [4.78, 5) is 13.1. The predicted octanol–water partition coefficient (Wildman–Crippen LogP) is 2.37. The van der Waals surface area contributed by atoms with E-state index >= 15 is 0 Å². The number of pyridine rings is 1. The topological polar surface area (TPSA) is 50.7 Å². The van der Waals surface area contributed by atoms with Crippen molar-refractivity contribution in [1.82, 2.24) is 20.3 Å². The third kappa shape index (κ3) is 4.96. The number of rotatable bonds is 6. The van der Waals surface area contributed by atoms with Crippen LogP contribution in [-0.4, -0.2) is 27.2 Å². The normalized spacial score (nSPS) is 10.6. The molecule has 2 aromatic rings. The molecule has 0 atom stereocenters. The van der Waals surface area contributed by atoms with Crippen molar-refractivity contribution in [3.63, 3.8) is 0 Å². The van der Waals surface area contributed by atoms with Gasteiger partial charge in [-0.05, 0) is 32.0 Å². The molecular weight excluding hydrogens is 256 g/mol. The van der Waals surface area contributed by atoms with Crippen LogP contribution < -0.4 is 5.32 Å². The third-order valence-corrected chi connectivity index (χ3v) is 3.35. The molecule has 0 aromatic carbocycles. The summed E-state index contributed by atoms with van der Waals surface area (Å²) in [5, 5.41) is 4.22. The number of aryl methyl sites for hydroxylation is 2. The Morgan fingerprint density at radius 2 is 1.95 bits per heavy atom. The van der Waals surface area contributed by atoms with Crippen LogP contribution in [0.3, 0.4) is 0 Å². The molecule has 0 aliphatic rings. The molecule has 5 heteroatoms. The fourth-order valence-corrected chi connectivity index (χ4v) is 2.54. The van der Waals surface area contributed by atoms with Gasteiger partial charge in [0.05, 0.1) is 5.69 Å². The van der Waals surface area contributed by atoms with E-state index in [0.717, 1.165) is 41.1 Å². The van der Waals surface area contributed by atoms with Crippen LogP contribution in [0.5, 0.6) is 0 Å². The fourth-order valence-electron chi connectivity index (χ4n) is 1.69. The molecule has 19 heavy (non-hydrogen) atoms. The molecule has 2 rings (SSSR count). The zero-order chi connectivity index (χ0) is 13.5. The predicted molar refractivity (Wildman–Crippen MR) is 78.2 cm³/mol. The Bertz CT molecular complexity index is 496. The van der Waals surface area contributed by atoms with Gasteiger partial charge in [-0.2, -0.15) is 0 Å². The summed E-state index contributed by atoms with van der Waals surface area (Å²) in [5.41, 5.74) is 3.11. The van der Waals surface area contributed by atoms with Crippen LogP contribution in [0.2, 0.25) is 0 Å². The van der Waals surface area contributed by atoms with E-state index in [1.165, 1.54) is 0 Å². The van der Waals surface area contributed by atoms with E-state index in [2.05, 4.69) is 20.3 Å². The van der Waals surface area contributed by atoms with Gasteiger partial charge >= 0.3 is 0 Å². The van der Waals surface area contributed by atoms with Crippen molar-refractivity contribution in [2.24, 2.45) is 0 Å². The summed E-state index contributed by atoms with van der Waals surface area (Å²) >= 11 is 1.68. The number of thioether (sulfide) groups is 1. The summed E-state index contributed by atoms with van der Waals surface area (Å²) in [7, 11) is 0. The molecule has 0 fully saturated rings. The number of hydrogen-bond donors (Lipinski definition) is 1. The van der Waals surface area contributed by atoms with Gasteiger partial charge in [-0.1, -0.05) is 17.8 Å². The number of nitrogens with one attached hydrogen (secondary N) is 1. The number of nitrogens with zero attached hydrogens (tertiary/aromatic N) is 3. The minimum absolute atomic E-state index is 0.801. The van der Waals surface area contributed by atoms with Crippen LogP contribution >= 0.6 is 11.8 Å². The Morgan fingerprint density at radius 1 is 1.16 bits per heavy atom. The van der Waals surface area contributed by atoms with Crippen LogP contribution in [0.25, 0.3) is 0 Å². The van der Waals surface area contributed by atoms with Gasteiger partial charge in [0, 0.05) is 36.4 Å². The summed E-state index contributed by atoms with van der Waals surface area (Å²) in [5.74, 6) is 0.954. The third-order valence-electron chi connectivity index (χ3n) is 2.50. The van der Waals surface area contributed by atoms with Crippen molar-refractivity contribution in [2.75, 3.05) is 12.3 Å². The minimum atomic E-state index is 0.801. The molecule has 0 saturated heterocycles. The van der Waals surface area contributed by atoms with E-state index in [1.54, 1.807) is 11.8 Å². The standard InChI is InChI=1S/C14H18N4S/c1-11-9-12(2)18-14(17-11)19-8-7-15-10-13-5-3-4-6-16-13/h3-6,9,15H,7-8,10H2,1-2H3. The second kappa shape index (κ2) is 7.21. The van der Waals surface area contributed by atoms with Gasteiger partial charge < -0.3 is 5.32 Å². The van der Waals surface area contributed by atoms with Gasteiger partial charge in [-0.15, -0.1) is 0 Å². The van der Waals surface area contributed by atoms with Crippen LogP contribution in [0.1, 0.15) is 17.1 Å². The molecule has 0 radical (unpaired) electrons. The Morgan fingerprint density at radius 3 is 2.63 bits per heavy atom. The average molecular weight is 274 g/mol. The lowest BCUT2D eigenvalue weighted by Gasteiger charge is -2.04. The molecule has 2 heterocycles. The zero-order valence-corrected chi connectivity index (χ0v) is 12.1. The summed E-state index contributed by atoms with van der Waals surface area (Å²) in [6.07, 6.45) is 1.81. The zero-order valence-electron chi connectivity index (χ0n) is 11.3. The molecule has 0 bridgehead atoms. The van der Waals surface area contributed by atoms with Crippen LogP contribution in [-0.2, 0) is 6.54 Å². The highest BCUT2D eigenvalue weighted by Gasteiger charge is 2.00. The smallest absolute Gasteiger partial charge is 0.188 e. The van der Waals surface area contributed by atoms with E-state index in [0.29, 0.717) is 0 Å². The first kappa shape index (κ1) is 14.0. The lowest BCUT2D eigenvalue weighted by atomic mass is 10.3. The van der Waals surface area contributed by atoms with Crippen molar-refractivity contribution in [3.8, 4) is 0 Å². The van der Waals surface area contributed by atoms with Crippen LogP contribution in [0.15, 0.2) is 35.6 Å². The van der Waals surface area contributed by atoms with Crippen molar-refractivity contribution in [3.05, 3.63) is 47.5 Å². The monoisotopic (exact) mass is 274 g/mol. The molecule has 2 aromatic heterocycles. The lowest BCUT2D eigenvalue weighted by Crippen LogP contribution is -2.17. The highest BCUT2D eigenvalue weighted by molar-refractivity contribution is 7.99. The first-order chi connectivity index (χ1) is 9.24. The molecule has 1 N–H and O–H groups in total. The molecular formula is C14H18N4S. The average Bonchev–Trinajstić information content (AvgIpc) is 2.38. The van der Waals surface area contributed by atoms with Gasteiger partial charge in [0.1, 0.15) is 0 Å². The second-order valence-electron chi connectivity index (χ2n) is 4.28. The van der Waals surface area contributed by atoms with Crippen LogP contribution in [0.4, 0.5) is 0 Å². The molecule has 0 amide bonds. The van der Waals surface area contributed by atoms with E-state index in [4.69, 9.17) is 0 Å². The highest BCUT2D eigenvalue weighted by Crippen LogP contribution is 2.13. The van der Waals surface area contributed by atoms with Crippen LogP contribution in [0, 0.1) is 13.8 Å².